The van der Waals surface area contributed by atoms with Gasteiger partial charge in [-0.1, -0.05) is 0 Å². The molecule has 7 heteroatoms. The first-order valence-corrected chi connectivity index (χ1v) is 8.49. The summed E-state index contributed by atoms with van der Waals surface area (Å²) in [5.41, 5.74) is 0. The summed E-state index contributed by atoms with van der Waals surface area (Å²) in [7, 11) is -3.13. The second-order valence-corrected chi connectivity index (χ2v) is 7.56. The Morgan fingerprint density at radius 2 is 1.84 bits per heavy atom. The number of aliphatic hydroxyl groups is 1. The highest BCUT2D eigenvalue weighted by Gasteiger charge is 2.34. The lowest BCUT2D eigenvalue weighted by Gasteiger charge is -2.32. The molecular formula is C12H22N2O4S. The van der Waals surface area contributed by atoms with Gasteiger partial charge in [0.15, 0.2) is 0 Å². The molecule has 2 rings (SSSR count). The number of rotatable bonds is 3. The molecule has 0 aliphatic carbocycles. The van der Waals surface area contributed by atoms with E-state index in [-0.39, 0.29) is 17.6 Å². The van der Waals surface area contributed by atoms with Gasteiger partial charge in [0, 0.05) is 32.1 Å². The van der Waals surface area contributed by atoms with E-state index in [1.54, 1.807) is 11.8 Å². The molecule has 1 N–H and O–H groups in total. The Hall–Kier alpha value is -0.660. The molecule has 6 nitrogen and oxygen atoms in total. The van der Waals surface area contributed by atoms with E-state index in [0.29, 0.717) is 45.4 Å². The minimum absolute atomic E-state index is 0.0742. The summed E-state index contributed by atoms with van der Waals surface area (Å²) in [5, 5.41) is 9.45. The molecule has 1 atom stereocenters. The van der Waals surface area contributed by atoms with Crippen molar-refractivity contribution < 1.29 is 18.3 Å². The molecular weight excluding hydrogens is 268 g/mol. The average Bonchev–Trinajstić information content (AvgIpc) is 2.85. The van der Waals surface area contributed by atoms with Crippen LogP contribution in [-0.2, 0) is 14.8 Å². The van der Waals surface area contributed by atoms with Gasteiger partial charge in [0.05, 0.1) is 11.9 Å². The number of carbonyl (C=O) groups is 1. The van der Waals surface area contributed by atoms with Crippen LogP contribution in [0.4, 0.5) is 0 Å². The van der Waals surface area contributed by atoms with Gasteiger partial charge >= 0.3 is 0 Å². The van der Waals surface area contributed by atoms with Gasteiger partial charge in [-0.25, -0.2) is 12.7 Å². The molecule has 2 heterocycles. The quantitative estimate of drug-likeness (QED) is 0.770. The largest absolute Gasteiger partial charge is 0.391 e. The fraction of sp³-hybridized carbons (Fsp3) is 0.917. The molecule has 2 aliphatic heterocycles. The Bertz CT molecular complexity index is 429. The first kappa shape index (κ1) is 14.7. The zero-order valence-electron chi connectivity index (χ0n) is 11.3. The second kappa shape index (κ2) is 5.76. The minimum Gasteiger partial charge on any atom is -0.391 e. The van der Waals surface area contributed by atoms with Gasteiger partial charge in [0.2, 0.25) is 15.9 Å². The maximum absolute atomic E-state index is 12.2. The molecule has 19 heavy (non-hydrogen) atoms. The van der Waals surface area contributed by atoms with Crippen LogP contribution in [0, 0.1) is 5.92 Å². The predicted molar refractivity (Wildman–Crippen MR) is 71.0 cm³/mol. The number of amides is 1. The smallest absolute Gasteiger partial charge is 0.225 e. The zero-order valence-corrected chi connectivity index (χ0v) is 12.1. The predicted octanol–water partition coefficient (Wildman–Crippen LogP) is -0.359. The van der Waals surface area contributed by atoms with Crippen molar-refractivity contribution in [3.63, 3.8) is 0 Å². The van der Waals surface area contributed by atoms with E-state index >= 15 is 0 Å². The van der Waals surface area contributed by atoms with Crippen LogP contribution in [0.15, 0.2) is 0 Å². The molecule has 2 aliphatic rings. The first-order valence-electron chi connectivity index (χ1n) is 6.88. The number of nitrogens with zero attached hydrogens (tertiary/aromatic N) is 2. The lowest BCUT2D eigenvalue weighted by atomic mass is 9.97. The van der Waals surface area contributed by atoms with Gasteiger partial charge in [-0.2, -0.15) is 0 Å². The SMILES string of the molecule is CCS(=O)(=O)N1CCC(C(=O)N2CCC(O)C2)CC1. The van der Waals surface area contributed by atoms with Crippen LogP contribution >= 0.6 is 0 Å². The lowest BCUT2D eigenvalue weighted by Crippen LogP contribution is -2.44. The van der Waals surface area contributed by atoms with Crippen molar-refractivity contribution in [1.29, 1.82) is 0 Å². The average molecular weight is 290 g/mol. The van der Waals surface area contributed by atoms with Crippen LogP contribution < -0.4 is 0 Å². The monoisotopic (exact) mass is 290 g/mol. The highest BCUT2D eigenvalue weighted by molar-refractivity contribution is 7.89. The summed E-state index contributed by atoms with van der Waals surface area (Å²) in [5.74, 6) is 0.0999. The Kier molecular flexibility index (Phi) is 4.47. The number of likely N-dealkylation sites (tertiary alicyclic amines) is 1. The third-order valence-electron chi connectivity index (χ3n) is 4.04. The molecule has 1 unspecified atom stereocenters. The molecule has 0 saturated carbocycles. The van der Waals surface area contributed by atoms with E-state index in [4.69, 9.17) is 0 Å². The molecule has 0 radical (unpaired) electrons. The van der Waals surface area contributed by atoms with E-state index < -0.39 is 16.1 Å². The molecule has 0 spiro atoms. The molecule has 2 fully saturated rings. The van der Waals surface area contributed by atoms with Gasteiger partial charge in [-0.05, 0) is 26.2 Å². The molecule has 1 amide bonds. The summed E-state index contributed by atoms with van der Waals surface area (Å²) in [6.45, 7) is 3.55. The third-order valence-corrected chi connectivity index (χ3v) is 5.92. The molecule has 0 aromatic carbocycles. The van der Waals surface area contributed by atoms with Crippen LogP contribution in [0.2, 0.25) is 0 Å². The molecule has 0 aromatic heterocycles. The van der Waals surface area contributed by atoms with Crippen LogP contribution in [0.1, 0.15) is 26.2 Å². The summed E-state index contributed by atoms with van der Waals surface area (Å²) in [6, 6.07) is 0. The molecule has 0 aromatic rings. The van der Waals surface area contributed by atoms with E-state index in [1.165, 1.54) is 4.31 Å². The lowest BCUT2D eigenvalue weighted by molar-refractivity contribution is -0.136. The number of carbonyl (C=O) groups excluding carboxylic acids is 1. The second-order valence-electron chi connectivity index (χ2n) is 5.30. The molecule has 110 valence electrons. The van der Waals surface area contributed by atoms with Crippen molar-refractivity contribution in [3.05, 3.63) is 0 Å². The van der Waals surface area contributed by atoms with Crippen molar-refractivity contribution in [1.82, 2.24) is 9.21 Å². The van der Waals surface area contributed by atoms with Crippen LogP contribution in [0.25, 0.3) is 0 Å². The van der Waals surface area contributed by atoms with E-state index in [1.807, 2.05) is 0 Å². The standard InChI is InChI=1S/C12H22N2O4S/c1-2-19(17,18)14-7-3-10(4-8-14)12(16)13-6-5-11(15)9-13/h10-11,15H,2-9H2,1H3. The zero-order chi connectivity index (χ0) is 14.0. The number of hydrogen-bond donors (Lipinski definition) is 1. The number of piperidine rings is 1. The first-order chi connectivity index (χ1) is 8.94. The number of aliphatic hydroxyl groups excluding tert-OH is 1. The minimum atomic E-state index is -3.13. The Labute approximate surface area is 114 Å². The maximum atomic E-state index is 12.2. The van der Waals surface area contributed by atoms with Crippen molar-refractivity contribution in [2.45, 2.75) is 32.3 Å². The van der Waals surface area contributed by atoms with Gasteiger partial charge in [0.25, 0.3) is 0 Å². The summed E-state index contributed by atoms with van der Waals surface area (Å²) in [4.78, 5) is 13.9. The molecule has 0 bridgehead atoms. The summed E-state index contributed by atoms with van der Waals surface area (Å²) >= 11 is 0. The van der Waals surface area contributed by atoms with E-state index in [2.05, 4.69) is 0 Å². The molecule has 2 saturated heterocycles. The van der Waals surface area contributed by atoms with Gasteiger partial charge in [0.1, 0.15) is 0 Å². The number of β-amino-alcohol motifs (C(OH)–C–C–N with tert-alkyl or cyclic N) is 1. The normalized spacial score (nSPS) is 26.8. The maximum Gasteiger partial charge on any atom is 0.225 e. The van der Waals surface area contributed by atoms with Gasteiger partial charge < -0.3 is 10.0 Å². The van der Waals surface area contributed by atoms with Crippen molar-refractivity contribution in [3.8, 4) is 0 Å². The van der Waals surface area contributed by atoms with Crippen molar-refractivity contribution >= 4 is 15.9 Å². The summed E-state index contributed by atoms with van der Waals surface area (Å²) < 4.78 is 24.9. The highest BCUT2D eigenvalue weighted by Crippen LogP contribution is 2.23. The van der Waals surface area contributed by atoms with Crippen LogP contribution in [0.5, 0.6) is 0 Å². The van der Waals surface area contributed by atoms with E-state index in [9.17, 15) is 18.3 Å². The fourth-order valence-electron chi connectivity index (χ4n) is 2.76. The highest BCUT2D eigenvalue weighted by atomic mass is 32.2. The fourth-order valence-corrected chi connectivity index (χ4v) is 3.90. The topological polar surface area (TPSA) is 77.9 Å². The third kappa shape index (κ3) is 3.27. The Morgan fingerprint density at radius 1 is 1.21 bits per heavy atom. The van der Waals surface area contributed by atoms with Crippen molar-refractivity contribution in [2.75, 3.05) is 31.9 Å². The number of hydrogen-bond acceptors (Lipinski definition) is 4. The van der Waals surface area contributed by atoms with Gasteiger partial charge in [-0.3, -0.25) is 4.79 Å². The van der Waals surface area contributed by atoms with Crippen LogP contribution in [0.3, 0.4) is 0 Å². The van der Waals surface area contributed by atoms with E-state index in [0.717, 1.165) is 0 Å². The summed E-state index contributed by atoms with van der Waals surface area (Å²) in [6.07, 6.45) is 1.42. The Balaban J connectivity index is 1.88. The van der Waals surface area contributed by atoms with Gasteiger partial charge in [-0.15, -0.1) is 0 Å². The van der Waals surface area contributed by atoms with Crippen LogP contribution in [-0.4, -0.2) is 66.7 Å². The Morgan fingerprint density at radius 3 is 2.32 bits per heavy atom. The van der Waals surface area contributed by atoms with Crippen molar-refractivity contribution in [2.24, 2.45) is 5.92 Å². The number of sulfonamides is 1.